The van der Waals surface area contributed by atoms with E-state index in [1.807, 2.05) is 0 Å². The molecular weight excluding hydrogens is 324 g/mol. The van der Waals surface area contributed by atoms with Gasteiger partial charge in [-0.15, -0.1) is 11.6 Å². The quantitative estimate of drug-likeness (QED) is 0.486. The SMILES string of the molecule is Fc1ccc(-n2c(CCl)nc3ccc(Cl)cc32)c(F)c1F. The van der Waals surface area contributed by atoms with Gasteiger partial charge in [-0.25, -0.2) is 18.2 Å². The minimum Gasteiger partial charge on any atom is -0.292 e. The standard InChI is InChI=1S/C14H7Cl2F3N2/c15-6-12-20-9-3-1-7(16)5-11(9)21(12)10-4-2-8(17)13(18)14(10)19/h1-5H,6H2. The van der Waals surface area contributed by atoms with Crippen molar-refractivity contribution in [2.45, 2.75) is 5.88 Å². The lowest BCUT2D eigenvalue weighted by Crippen LogP contribution is -2.05. The molecule has 108 valence electrons. The molecule has 0 aliphatic heterocycles. The van der Waals surface area contributed by atoms with E-state index in [0.29, 0.717) is 21.9 Å². The molecule has 0 aliphatic rings. The van der Waals surface area contributed by atoms with Gasteiger partial charge in [-0.2, -0.15) is 0 Å². The largest absolute Gasteiger partial charge is 0.292 e. The first kappa shape index (κ1) is 14.2. The summed E-state index contributed by atoms with van der Waals surface area (Å²) in [5.41, 5.74) is 0.816. The molecule has 0 unspecified atom stereocenters. The lowest BCUT2D eigenvalue weighted by Gasteiger charge is -2.10. The van der Waals surface area contributed by atoms with Crippen LogP contribution in [0.2, 0.25) is 5.02 Å². The molecule has 2 nitrogen and oxygen atoms in total. The molecule has 21 heavy (non-hydrogen) atoms. The van der Waals surface area contributed by atoms with E-state index in [4.69, 9.17) is 23.2 Å². The fourth-order valence-electron chi connectivity index (χ4n) is 2.15. The Morgan fingerprint density at radius 2 is 1.81 bits per heavy atom. The lowest BCUT2D eigenvalue weighted by molar-refractivity contribution is 0.444. The second-order valence-electron chi connectivity index (χ2n) is 4.32. The van der Waals surface area contributed by atoms with Gasteiger partial charge in [0.25, 0.3) is 0 Å². The molecule has 0 amide bonds. The molecular formula is C14H7Cl2F3N2. The van der Waals surface area contributed by atoms with Crippen LogP contribution in [0.1, 0.15) is 5.82 Å². The molecule has 0 radical (unpaired) electrons. The summed E-state index contributed by atoms with van der Waals surface area (Å²) in [4.78, 5) is 4.23. The third kappa shape index (κ3) is 2.26. The minimum absolute atomic E-state index is 0.0231. The number of nitrogens with zero attached hydrogens (tertiary/aromatic N) is 2. The number of imidazole rings is 1. The highest BCUT2D eigenvalue weighted by atomic mass is 35.5. The van der Waals surface area contributed by atoms with Gasteiger partial charge in [-0.1, -0.05) is 11.6 Å². The molecule has 3 rings (SSSR count). The van der Waals surface area contributed by atoms with Crippen molar-refractivity contribution in [2.24, 2.45) is 0 Å². The zero-order chi connectivity index (χ0) is 15.1. The van der Waals surface area contributed by atoms with E-state index in [0.717, 1.165) is 12.1 Å². The van der Waals surface area contributed by atoms with Crippen LogP contribution >= 0.6 is 23.2 Å². The Kier molecular flexibility index (Phi) is 3.55. The topological polar surface area (TPSA) is 17.8 Å². The van der Waals surface area contributed by atoms with Crippen molar-refractivity contribution in [1.82, 2.24) is 9.55 Å². The zero-order valence-corrected chi connectivity index (χ0v) is 11.9. The number of rotatable bonds is 2. The van der Waals surface area contributed by atoms with Gasteiger partial charge in [0.2, 0.25) is 0 Å². The summed E-state index contributed by atoms with van der Waals surface area (Å²) in [7, 11) is 0. The van der Waals surface area contributed by atoms with Crippen molar-refractivity contribution in [3.63, 3.8) is 0 Å². The van der Waals surface area contributed by atoms with E-state index in [-0.39, 0.29) is 11.6 Å². The summed E-state index contributed by atoms with van der Waals surface area (Å²) >= 11 is 11.7. The fourth-order valence-corrected chi connectivity index (χ4v) is 2.49. The molecule has 0 saturated heterocycles. The second-order valence-corrected chi connectivity index (χ2v) is 5.03. The normalized spacial score (nSPS) is 11.3. The maximum atomic E-state index is 14.0. The van der Waals surface area contributed by atoms with Gasteiger partial charge < -0.3 is 0 Å². The zero-order valence-electron chi connectivity index (χ0n) is 10.4. The Bertz CT molecular complexity index is 846. The molecule has 1 heterocycles. The summed E-state index contributed by atoms with van der Waals surface area (Å²) in [6, 6.07) is 6.80. The van der Waals surface area contributed by atoms with Crippen LogP contribution in [-0.2, 0) is 5.88 Å². The summed E-state index contributed by atoms with van der Waals surface area (Å²) in [5.74, 6) is -3.83. The van der Waals surface area contributed by atoms with Crippen LogP contribution < -0.4 is 0 Å². The predicted octanol–water partition coefficient (Wildman–Crippen LogP) is 4.84. The Labute approximate surface area is 127 Å². The second kappa shape index (κ2) is 5.24. The van der Waals surface area contributed by atoms with Crippen molar-refractivity contribution < 1.29 is 13.2 Å². The number of aromatic nitrogens is 2. The van der Waals surface area contributed by atoms with E-state index in [9.17, 15) is 13.2 Å². The Balaban J connectivity index is 2.38. The first-order valence-electron chi connectivity index (χ1n) is 5.89. The number of hydrogen-bond acceptors (Lipinski definition) is 1. The van der Waals surface area contributed by atoms with Crippen molar-refractivity contribution in [1.29, 1.82) is 0 Å². The molecule has 0 saturated carbocycles. The molecule has 3 aromatic rings. The summed E-state index contributed by atoms with van der Waals surface area (Å²) < 4.78 is 41.9. The summed E-state index contributed by atoms with van der Waals surface area (Å²) in [6.07, 6.45) is 0. The average molecular weight is 331 g/mol. The number of fused-ring (bicyclic) bond motifs is 1. The van der Waals surface area contributed by atoms with Gasteiger partial charge in [-0.05, 0) is 30.3 Å². The molecule has 0 aliphatic carbocycles. The smallest absolute Gasteiger partial charge is 0.196 e. The molecule has 0 atom stereocenters. The molecule has 1 aromatic heterocycles. The van der Waals surface area contributed by atoms with Gasteiger partial charge in [-0.3, -0.25) is 4.57 Å². The van der Waals surface area contributed by atoms with Crippen LogP contribution in [0.15, 0.2) is 30.3 Å². The van der Waals surface area contributed by atoms with Crippen LogP contribution in [0, 0.1) is 17.5 Å². The Morgan fingerprint density at radius 1 is 1.05 bits per heavy atom. The van der Waals surface area contributed by atoms with Crippen molar-refractivity contribution in [2.75, 3.05) is 0 Å². The Hall–Kier alpha value is -1.72. The molecule has 0 spiro atoms. The first-order valence-corrected chi connectivity index (χ1v) is 6.81. The number of halogens is 5. The maximum absolute atomic E-state index is 14.0. The average Bonchev–Trinajstić information content (AvgIpc) is 2.83. The van der Waals surface area contributed by atoms with E-state index < -0.39 is 17.5 Å². The fraction of sp³-hybridized carbons (Fsp3) is 0.0714. The highest BCUT2D eigenvalue weighted by Crippen LogP contribution is 2.28. The molecule has 0 N–H and O–H groups in total. The van der Waals surface area contributed by atoms with Crippen molar-refractivity contribution >= 4 is 34.2 Å². The summed E-state index contributed by atoms with van der Waals surface area (Å²) in [6.45, 7) is 0. The highest BCUT2D eigenvalue weighted by Gasteiger charge is 2.19. The van der Waals surface area contributed by atoms with E-state index in [2.05, 4.69) is 4.98 Å². The molecule has 2 aromatic carbocycles. The van der Waals surface area contributed by atoms with Gasteiger partial charge in [0.15, 0.2) is 17.5 Å². The van der Waals surface area contributed by atoms with Crippen molar-refractivity contribution in [3.8, 4) is 5.69 Å². The number of alkyl halides is 1. The third-order valence-electron chi connectivity index (χ3n) is 3.06. The third-order valence-corrected chi connectivity index (χ3v) is 3.54. The monoisotopic (exact) mass is 330 g/mol. The minimum atomic E-state index is -1.54. The highest BCUT2D eigenvalue weighted by molar-refractivity contribution is 6.31. The van der Waals surface area contributed by atoms with E-state index in [1.54, 1.807) is 18.2 Å². The van der Waals surface area contributed by atoms with Crippen LogP contribution in [-0.4, -0.2) is 9.55 Å². The van der Waals surface area contributed by atoms with Gasteiger partial charge in [0.05, 0.1) is 22.6 Å². The van der Waals surface area contributed by atoms with Crippen LogP contribution in [0.5, 0.6) is 0 Å². The number of hydrogen-bond donors (Lipinski definition) is 0. The molecule has 0 fully saturated rings. The molecule has 7 heteroatoms. The number of benzene rings is 2. The lowest BCUT2D eigenvalue weighted by atomic mass is 10.2. The van der Waals surface area contributed by atoms with Crippen LogP contribution in [0.25, 0.3) is 16.7 Å². The summed E-state index contributed by atoms with van der Waals surface area (Å²) in [5, 5.41) is 0.410. The predicted molar refractivity (Wildman–Crippen MR) is 75.5 cm³/mol. The van der Waals surface area contributed by atoms with Gasteiger partial charge in [0.1, 0.15) is 5.82 Å². The van der Waals surface area contributed by atoms with Gasteiger partial charge >= 0.3 is 0 Å². The molecule has 0 bridgehead atoms. The van der Waals surface area contributed by atoms with Crippen LogP contribution in [0.4, 0.5) is 13.2 Å². The first-order chi connectivity index (χ1) is 10.0. The van der Waals surface area contributed by atoms with Crippen molar-refractivity contribution in [3.05, 3.63) is 58.6 Å². The van der Waals surface area contributed by atoms with E-state index >= 15 is 0 Å². The maximum Gasteiger partial charge on any atom is 0.196 e. The Morgan fingerprint density at radius 3 is 2.52 bits per heavy atom. The van der Waals surface area contributed by atoms with Crippen LogP contribution in [0.3, 0.4) is 0 Å². The van der Waals surface area contributed by atoms with E-state index in [1.165, 1.54) is 4.57 Å². The van der Waals surface area contributed by atoms with Gasteiger partial charge in [0, 0.05) is 5.02 Å².